The molecule has 0 spiro atoms. The predicted molar refractivity (Wildman–Crippen MR) is 119 cm³/mol. The summed E-state index contributed by atoms with van der Waals surface area (Å²) in [4.78, 5) is 12.1. The number of hydrogen-bond acceptors (Lipinski definition) is 5. The molecule has 31 heavy (non-hydrogen) atoms. The molecule has 2 N–H and O–H groups in total. The summed E-state index contributed by atoms with van der Waals surface area (Å²) in [5, 5.41) is 11.1. The Bertz CT molecular complexity index is 1130. The van der Waals surface area contributed by atoms with Gasteiger partial charge in [0.25, 0.3) is 0 Å². The Morgan fingerprint density at radius 1 is 1.35 bits per heavy atom. The molecule has 3 aromatic rings. The highest BCUT2D eigenvalue weighted by atomic mass is 35.5. The van der Waals surface area contributed by atoms with Crippen molar-refractivity contribution in [1.29, 1.82) is 0 Å². The van der Waals surface area contributed by atoms with Crippen LogP contribution in [0.4, 0.5) is 18.9 Å². The monoisotopic (exact) mass is 490 g/mol. The number of nitrogens with zero attached hydrogens (tertiary/aromatic N) is 2. The average molecular weight is 491 g/mol. The van der Waals surface area contributed by atoms with Crippen molar-refractivity contribution < 1.29 is 22.7 Å². The molecule has 0 saturated heterocycles. The van der Waals surface area contributed by atoms with Crippen LogP contribution in [-0.4, -0.2) is 34.5 Å². The van der Waals surface area contributed by atoms with E-state index in [0.29, 0.717) is 45.9 Å². The van der Waals surface area contributed by atoms with Crippen LogP contribution in [0.3, 0.4) is 0 Å². The van der Waals surface area contributed by atoms with Gasteiger partial charge in [-0.15, -0.1) is 11.3 Å². The van der Waals surface area contributed by atoms with Gasteiger partial charge in [-0.05, 0) is 49.8 Å². The first kappa shape index (κ1) is 23.3. The minimum atomic E-state index is -4.45. The minimum absolute atomic E-state index is 0.327. The molecule has 3 rings (SSSR count). The van der Waals surface area contributed by atoms with E-state index < -0.39 is 17.8 Å². The van der Waals surface area contributed by atoms with Crippen LogP contribution in [0.5, 0.6) is 0 Å². The second kappa shape index (κ2) is 9.41. The smallest absolute Gasteiger partial charge is 0.435 e. The van der Waals surface area contributed by atoms with Crippen LogP contribution in [0.2, 0.25) is 5.02 Å². The van der Waals surface area contributed by atoms with E-state index in [2.05, 4.69) is 15.7 Å². The molecule has 2 heterocycles. The van der Waals surface area contributed by atoms with Crippen LogP contribution in [0, 0.1) is 6.92 Å². The van der Waals surface area contributed by atoms with Crippen LogP contribution in [-0.2, 0) is 17.5 Å². The highest BCUT2D eigenvalue weighted by molar-refractivity contribution is 7.80. The zero-order valence-corrected chi connectivity index (χ0v) is 18.9. The predicted octanol–water partition coefficient (Wildman–Crippen LogP) is 5.24. The molecular formula is C19H18ClF3N4O2S2. The van der Waals surface area contributed by atoms with Crippen LogP contribution < -0.4 is 10.6 Å². The molecule has 0 atom stereocenters. The van der Waals surface area contributed by atoms with Gasteiger partial charge in [-0.25, -0.2) is 4.79 Å². The third-order valence-electron chi connectivity index (χ3n) is 4.36. The van der Waals surface area contributed by atoms with Crippen LogP contribution in [0.25, 0.3) is 10.1 Å². The first-order valence-electron chi connectivity index (χ1n) is 9.07. The number of carbonyl (C=O) groups excluding carboxylic acids is 1. The summed E-state index contributed by atoms with van der Waals surface area (Å²) in [6, 6.07) is 6.41. The first-order valence-corrected chi connectivity index (χ1v) is 10.7. The number of hydrogen-bond donors (Lipinski definition) is 2. The quantitative estimate of drug-likeness (QED) is 0.280. The van der Waals surface area contributed by atoms with Crippen LogP contribution in [0.1, 0.15) is 27.5 Å². The number of aryl methyl sites for hydroxylation is 2. The molecule has 0 aliphatic rings. The fourth-order valence-corrected chi connectivity index (χ4v) is 4.53. The normalized spacial score (nSPS) is 11.5. The van der Waals surface area contributed by atoms with Gasteiger partial charge in [0.2, 0.25) is 0 Å². The van der Waals surface area contributed by atoms with Crippen LogP contribution in [0.15, 0.2) is 24.3 Å². The average Bonchev–Trinajstić information content (AvgIpc) is 3.24. The number of carbonyl (C=O) groups is 1. The van der Waals surface area contributed by atoms with E-state index in [4.69, 9.17) is 28.6 Å². The minimum Gasteiger partial charge on any atom is -0.465 e. The molecule has 1 aromatic carbocycles. The van der Waals surface area contributed by atoms with E-state index in [1.807, 2.05) is 6.07 Å². The van der Waals surface area contributed by atoms with Gasteiger partial charge in [0.15, 0.2) is 10.8 Å². The van der Waals surface area contributed by atoms with Crippen molar-refractivity contribution in [3.63, 3.8) is 0 Å². The summed E-state index contributed by atoms with van der Waals surface area (Å²) in [5.74, 6) is -0.493. The van der Waals surface area contributed by atoms with Crippen molar-refractivity contribution in [3.05, 3.63) is 45.6 Å². The summed E-state index contributed by atoms with van der Waals surface area (Å²) < 4.78 is 45.0. The highest BCUT2D eigenvalue weighted by Gasteiger charge is 2.34. The highest BCUT2D eigenvalue weighted by Crippen LogP contribution is 2.37. The van der Waals surface area contributed by atoms with Crippen LogP contribution >= 0.6 is 35.2 Å². The third-order valence-corrected chi connectivity index (χ3v) is 6.25. The maximum absolute atomic E-state index is 12.7. The number of rotatable bonds is 6. The van der Waals surface area contributed by atoms with Gasteiger partial charge < -0.3 is 15.4 Å². The molecule has 2 aromatic heterocycles. The number of methoxy groups -OCH3 is 1. The van der Waals surface area contributed by atoms with Gasteiger partial charge in [-0.3, -0.25) is 4.68 Å². The van der Waals surface area contributed by atoms with Crippen molar-refractivity contribution in [1.82, 2.24) is 15.1 Å². The van der Waals surface area contributed by atoms with Gasteiger partial charge in [0, 0.05) is 34.6 Å². The topological polar surface area (TPSA) is 68.2 Å². The largest absolute Gasteiger partial charge is 0.465 e. The molecular weight excluding hydrogens is 473 g/mol. The van der Waals surface area contributed by atoms with E-state index in [0.717, 1.165) is 16.2 Å². The number of alkyl halides is 3. The Morgan fingerprint density at radius 3 is 2.74 bits per heavy atom. The van der Waals surface area contributed by atoms with Gasteiger partial charge in [-0.1, -0.05) is 11.6 Å². The molecule has 0 fully saturated rings. The first-order chi connectivity index (χ1) is 14.6. The van der Waals surface area contributed by atoms with E-state index in [1.54, 1.807) is 19.1 Å². The summed E-state index contributed by atoms with van der Waals surface area (Å²) in [5.41, 5.74) is 0.258. The van der Waals surface area contributed by atoms with Crippen molar-refractivity contribution in [3.8, 4) is 0 Å². The molecule has 0 amide bonds. The number of benzene rings is 1. The van der Waals surface area contributed by atoms with Gasteiger partial charge >= 0.3 is 12.1 Å². The number of thiocarbonyl (C=S) groups is 1. The van der Waals surface area contributed by atoms with Crippen molar-refractivity contribution in [2.45, 2.75) is 26.1 Å². The lowest BCUT2D eigenvalue weighted by molar-refractivity contribution is -0.141. The number of esters is 1. The number of nitrogens with one attached hydrogen (secondary N) is 2. The summed E-state index contributed by atoms with van der Waals surface area (Å²) in [6.07, 6.45) is -3.92. The van der Waals surface area contributed by atoms with E-state index >= 15 is 0 Å². The Labute approximate surface area is 190 Å². The second-order valence-corrected chi connectivity index (χ2v) is 8.41. The Kier molecular flexibility index (Phi) is 7.07. The molecule has 0 aliphatic heterocycles. The second-order valence-electron chi connectivity index (χ2n) is 6.57. The fraction of sp³-hybridized carbons (Fsp3) is 0.316. The lowest BCUT2D eigenvalue weighted by atomic mass is 10.2. The van der Waals surface area contributed by atoms with Crippen molar-refractivity contribution >= 4 is 62.0 Å². The SMILES string of the molecule is COC(=O)c1sc2cc(NC(=S)NCCCn3nc(C(F)(F)F)cc3C)ccc2c1Cl. The number of halogens is 4. The molecule has 12 heteroatoms. The van der Waals surface area contributed by atoms with Crippen molar-refractivity contribution in [2.24, 2.45) is 0 Å². The molecule has 0 bridgehead atoms. The fourth-order valence-electron chi connectivity index (χ4n) is 2.85. The number of aromatic nitrogens is 2. The molecule has 166 valence electrons. The van der Waals surface area contributed by atoms with E-state index in [9.17, 15) is 18.0 Å². The summed E-state index contributed by atoms with van der Waals surface area (Å²) in [6.45, 7) is 2.36. The van der Waals surface area contributed by atoms with Gasteiger partial charge in [0.05, 0.1) is 12.1 Å². The molecule has 6 nitrogen and oxygen atoms in total. The standard InChI is InChI=1S/C19H18ClF3N4O2S2/c1-10-8-14(19(21,22)23)26-27(10)7-3-6-24-18(30)25-11-4-5-12-13(9-11)31-16(15(12)20)17(28)29-2/h4-5,8-9H,3,6-7H2,1-2H3,(H2,24,25,30). The molecule has 0 aliphatic carbocycles. The molecule has 0 radical (unpaired) electrons. The summed E-state index contributed by atoms with van der Waals surface area (Å²) in [7, 11) is 1.29. The molecule has 0 saturated carbocycles. The zero-order chi connectivity index (χ0) is 22.8. The Morgan fingerprint density at radius 2 is 2.10 bits per heavy atom. The lowest BCUT2D eigenvalue weighted by Gasteiger charge is -2.11. The number of fused-ring (bicyclic) bond motifs is 1. The Balaban J connectivity index is 1.53. The van der Waals surface area contributed by atoms with Gasteiger partial charge in [0.1, 0.15) is 4.88 Å². The number of anilines is 1. The van der Waals surface area contributed by atoms with Gasteiger partial charge in [-0.2, -0.15) is 18.3 Å². The number of ether oxygens (including phenoxy) is 1. The number of thiophene rings is 1. The molecule has 0 unspecified atom stereocenters. The maximum atomic E-state index is 12.7. The van der Waals surface area contributed by atoms with Crippen molar-refractivity contribution in [2.75, 3.05) is 19.0 Å². The lowest BCUT2D eigenvalue weighted by Crippen LogP contribution is -2.29. The summed E-state index contributed by atoms with van der Waals surface area (Å²) >= 11 is 12.7. The Hall–Kier alpha value is -2.37. The van der Waals surface area contributed by atoms with E-state index in [-0.39, 0.29) is 0 Å². The maximum Gasteiger partial charge on any atom is 0.435 e. The third kappa shape index (κ3) is 5.46. The zero-order valence-electron chi connectivity index (χ0n) is 16.5. The van der Waals surface area contributed by atoms with E-state index in [1.165, 1.54) is 23.1 Å².